The van der Waals surface area contributed by atoms with Gasteiger partial charge in [-0.3, -0.25) is 0 Å². The summed E-state index contributed by atoms with van der Waals surface area (Å²) in [7, 11) is -3.05. The summed E-state index contributed by atoms with van der Waals surface area (Å²) in [6, 6.07) is 47.4. The van der Waals surface area contributed by atoms with Crippen LogP contribution in [0, 0.1) is 45.1 Å². The topological polar surface area (TPSA) is 0 Å². The Bertz CT molecular complexity index is 2110. The number of rotatable bonds is 10. The molecule has 0 amide bonds. The van der Waals surface area contributed by atoms with Crippen LogP contribution in [0.2, 0.25) is 0 Å². The number of halogens is 6. The third-order valence-corrected chi connectivity index (χ3v) is 15.9. The Kier molecular flexibility index (Phi) is 16.7. The first-order valence-corrected chi connectivity index (χ1v) is 19.9. The zero-order valence-electron chi connectivity index (χ0n) is 31.7. The third kappa shape index (κ3) is 9.68. The van der Waals surface area contributed by atoms with Gasteiger partial charge in [-0.2, -0.15) is 22.3 Å². The molecule has 56 heavy (non-hydrogen) atoms. The van der Waals surface area contributed by atoms with Gasteiger partial charge in [0.05, 0.1) is 0 Å². The number of hydrogen-bond donors (Lipinski definition) is 0. The second kappa shape index (κ2) is 20.1. The standard InChI is InChI=1S/C48H42F3Si.3ClH.Ti/c1-32-33(2)35(4)48(34(32)3)52(45-11-5-8-39(29-45)26-36-14-20-42(49)21-15-36,46-12-6-9-40(30-46)27-37-16-22-43(50)23-17-37)47-13-7-10-41(31-47)28-38-18-24-44(51)25-19-38;;;;/h5-25,29-31H,26-28H2,1-4H3;3*1H;/q-1;;;;+4/p-3. The van der Waals surface area contributed by atoms with E-state index in [1.165, 1.54) is 96.1 Å². The van der Waals surface area contributed by atoms with Crippen LogP contribution in [0.4, 0.5) is 13.2 Å². The van der Waals surface area contributed by atoms with Crippen LogP contribution in [0.15, 0.2) is 146 Å². The smallest absolute Gasteiger partial charge is 1.00 e. The Morgan fingerprint density at radius 2 is 0.661 bits per heavy atom. The van der Waals surface area contributed by atoms with Crippen molar-refractivity contribution in [3.05, 3.63) is 219 Å². The molecule has 8 heteroatoms. The van der Waals surface area contributed by atoms with Gasteiger partial charge in [0.1, 0.15) is 25.5 Å². The number of hydrogen-bond acceptors (Lipinski definition) is 0. The average molecular weight is 858 g/mol. The van der Waals surface area contributed by atoms with Crippen molar-refractivity contribution in [2.45, 2.75) is 47.0 Å². The fraction of sp³-hybridized carbons (Fsp3) is 0.146. The molecule has 0 aliphatic rings. The quantitative estimate of drug-likeness (QED) is 0.105. The molecule has 7 rings (SSSR count). The molecule has 0 N–H and O–H groups in total. The van der Waals surface area contributed by atoms with E-state index in [4.69, 9.17) is 0 Å². The summed E-state index contributed by atoms with van der Waals surface area (Å²) in [6.07, 6.45) is 2.06. The van der Waals surface area contributed by atoms with Crippen LogP contribution < -0.4 is 58.0 Å². The van der Waals surface area contributed by atoms with E-state index in [1.54, 1.807) is 0 Å². The van der Waals surface area contributed by atoms with Gasteiger partial charge < -0.3 is 37.2 Å². The predicted octanol–water partition coefficient (Wildman–Crippen LogP) is 0.216. The molecule has 0 spiro atoms. The Morgan fingerprint density at radius 3 is 0.929 bits per heavy atom. The Hall–Kier alpha value is -3.74. The molecule has 0 aliphatic carbocycles. The molecule has 284 valence electrons. The minimum Gasteiger partial charge on any atom is -1.00 e. The molecule has 0 fully saturated rings. The molecule has 7 aromatic carbocycles. The van der Waals surface area contributed by atoms with E-state index in [9.17, 15) is 13.2 Å². The van der Waals surface area contributed by atoms with Crippen LogP contribution in [-0.4, -0.2) is 8.07 Å². The van der Waals surface area contributed by atoms with Gasteiger partial charge in [-0.1, -0.05) is 152 Å². The van der Waals surface area contributed by atoms with Crippen LogP contribution >= 0.6 is 0 Å². The fourth-order valence-corrected chi connectivity index (χ4v) is 13.6. The van der Waals surface area contributed by atoms with Crippen LogP contribution in [0.5, 0.6) is 0 Å². The minimum atomic E-state index is -3.05. The van der Waals surface area contributed by atoms with Crippen molar-refractivity contribution in [3.8, 4) is 0 Å². The van der Waals surface area contributed by atoms with Crippen molar-refractivity contribution >= 4 is 28.8 Å². The second-order valence-electron chi connectivity index (χ2n) is 14.1. The van der Waals surface area contributed by atoms with E-state index in [0.717, 1.165) is 16.7 Å². The summed E-state index contributed by atoms with van der Waals surface area (Å²) in [5.41, 5.74) is 11.9. The van der Waals surface area contributed by atoms with E-state index in [0.29, 0.717) is 19.3 Å². The van der Waals surface area contributed by atoms with Gasteiger partial charge in [0.2, 0.25) is 0 Å². The third-order valence-electron chi connectivity index (χ3n) is 10.9. The van der Waals surface area contributed by atoms with E-state index in [1.807, 2.05) is 36.4 Å². The Balaban J connectivity index is 0.00000210. The summed E-state index contributed by atoms with van der Waals surface area (Å²) < 4.78 is 41.6. The van der Waals surface area contributed by atoms with Crippen LogP contribution in [0.1, 0.15) is 55.6 Å². The van der Waals surface area contributed by atoms with Crippen LogP contribution in [-0.2, 0) is 41.0 Å². The van der Waals surface area contributed by atoms with Crippen molar-refractivity contribution in [1.82, 2.24) is 0 Å². The van der Waals surface area contributed by atoms with Crippen molar-refractivity contribution < 1.29 is 72.1 Å². The summed E-state index contributed by atoms with van der Waals surface area (Å²) in [5.74, 6) is -0.714. The van der Waals surface area contributed by atoms with E-state index < -0.39 is 8.07 Å². The molecule has 0 aromatic heterocycles. The Morgan fingerprint density at radius 1 is 0.393 bits per heavy atom. The monoisotopic (exact) mass is 856 g/mol. The summed E-state index contributed by atoms with van der Waals surface area (Å²) in [4.78, 5) is 0. The van der Waals surface area contributed by atoms with Gasteiger partial charge in [-0.05, 0) is 89.0 Å². The summed E-state index contributed by atoms with van der Waals surface area (Å²) >= 11 is 0. The summed E-state index contributed by atoms with van der Waals surface area (Å²) in [6.45, 7) is 9.03. The van der Waals surface area contributed by atoms with Gasteiger partial charge in [0.25, 0.3) is 0 Å². The number of benzene rings is 6. The molecular formula is C48H42Cl3F3SiTi. The molecule has 0 radical (unpaired) electrons. The zero-order valence-corrected chi connectivity index (χ0v) is 36.6. The van der Waals surface area contributed by atoms with Crippen molar-refractivity contribution in [3.63, 3.8) is 0 Å². The van der Waals surface area contributed by atoms with Crippen LogP contribution in [0.3, 0.4) is 0 Å². The molecule has 0 nitrogen and oxygen atoms in total. The van der Waals surface area contributed by atoms with Gasteiger partial charge in [-0.15, -0.1) is 5.19 Å². The maximum Gasteiger partial charge on any atom is 4.00 e. The van der Waals surface area contributed by atoms with Crippen LogP contribution in [0.25, 0.3) is 0 Å². The van der Waals surface area contributed by atoms with Gasteiger partial charge in [-0.25, -0.2) is 13.2 Å². The molecule has 0 saturated carbocycles. The normalized spacial score (nSPS) is 10.8. The second-order valence-corrected chi connectivity index (χ2v) is 17.9. The molecule has 7 aromatic rings. The van der Waals surface area contributed by atoms with E-state index in [2.05, 4.69) is 100 Å². The Labute approximate surface area is 364 Å². The maximum atomic E-state index is 13.9. The van der Waals surface area contributed by atoms with E-state index >= 15 is 0 Å². The van der Waals surface area contributed by atoms with Gasteiger partial charge in [0.15, 0.2) is 0 Å². The first-order chi connectivity index (χ1) is 25.1. The van der Waals surface area contributed by atoms with Crippen molar-refractivity contribution in [2.75, 3.05) is 0 Å². The maximum absolute atomic E-state index is 13.9. The SMILES string of the molecule is Cc1c(C)c(C)[c-]([Si](c2cccc(Cc3ccc(F)cc3)c2)(c2cccc(Cc3ccc(F)cc3)c2)c2cccc(Cc3ccc(F)cc3)c2)c1C.[Cl-].[Cl-].[Cl-].[Ti+4]. The molecule has 0 atom stereocenters. The minimum absolute atomic E-state index is 0. The fourth-order valence-electron chi connectivity index (χ4n) is 7.97. The van der Waals surface area contributed by atoms with Gasteiger partial charge in [0, 0.05) is 0 Å². The molecule has 0 saturated heterocycles. The van der Waals surface area contributed by atoms with Gasteiger partial charge >= 0.3 is 21.7 Å². The first kappa shape index (κ1) is 46.6. The largest absolute Gasteiger partial charge is 4.00 e. The molecule has 0 unspecified atom stereocenters. The van der Waals surface area contributed by atoms with Crippen molar-refractivity contribution in [1.29, 1.82) is 0 Å². The van der Waals surface area contributed by atoms with E-state index in [-0.39, 0.29) is 76.4 Å². The molecular weight excluding hydrogens is 816 g/mol. The molecule has 0 heterocycles. The first-order valence-electron chi connectivity index (χ1n) is 17.9. The average Bonchev–Trinajstić information content (AvgIpc) is 3.34. The molecule has 0 bridgehead atoms. The summed E-state index contributed by atoms with van der Waals surface area (Å²) in [5, 5.41) is 5.24. The predicted molar refractivity (Wildman–Crippen MR) is 212 cm³/mol. The van der Waals surface area contributed by atoms with Crippen molar-refractivity contribution in [2.24, 2.45) is 0 Å². The zero-order chi connectivity index (χ0) is 36.4. The molecule has 0 aliphatic heterocycles.